The van der Waals surface area contributed by atoms with E-state index in [1.807, 2.05) is 44.2 Å². The zero-order valence-electron chi connectivity index (χ0n) is 18.6. The topological polar surface area (TPSA) is 87.7 Å². The van der Waals surface area contributed by atoms with Crippen molar-refractivity contribution in [3.8, 4) is 0 Å². The Labute approximate surface area is 194 Å². The van der Waals surface area contributed by atoms with Gasteiger partial charge in [0.2, 0.25) is 5.91 Å². The molecule has 1 aliphatic heterocycles. The highest BCUT2D eigenvalue weighted by molar-refractivity contribution is 5.98. The Hall–Kier alpha value is -3.06. The summed E-state index contributed by atoms with van der Waals surface area (Å²) in [6, 6.07) is 12.3. The van der Waals surface area contributed by atoms with Gasteiger partial charge in [0.15, 0.2) is 0 Å². The van der Waals surface area contributed by atoms with Gasteiger partial charge in [-0.3, -0.25) is 9.59 Å². The number of rotatable bonds is 8. The first kappa shape index (κ1) is 25.2. The smallest absolute Gasteiger partial charge is 0.328 e. The lowest BCUT2D eigenvalue weighted by molar-refractivity contribution is -0.145. The summed E-state index contributed by atoms with van der Waals surface area (Å²) in [4.78, 5) is 38.5. The number of ether oxygens (including phenoxy) is 1. The van der Waals surface area contributed by atoms with Crippen LogP contribution in [0.4, 0.5) is 11.4 Å². The monoisotopic (exact) mass is 459 g/mol. The summed E-state index contributed by atoms with van der Waals surface area (Å²) in [5, 5.41) is 5.61. The molecule has 8 heteroatoms. The zero-order chi connectivity index (χ0) is 22.4. The Morgan fingerprint density at radius 3 is 2.62 bits per heavy atom. The van der Waals surface area contributed by atoms with Crippen molar-refractivity contribution in [1.29, 1.82) is 0 Å². The summed E-state index contributed by atoms with van der Waals surface area (Å²) < 4.78 is 5.42. The molecule has 3 rings (SSSR count). The third kappa shape index (κ3) is 6.01. The van der Waals surface area contributed by atoms with Gasteiger partial charge >= 0.3 is 5.97 Å². The third-order valence-electron chi connectivity index (χ3n) is 5.45. The largest absolute Gasteiger partial charge is 0.462 e. The third-order valence-corrected chi connectivity index (χ3v) is 5.45. The number of hydrogen-bond donors (Lipinski definition) is 2. The van der Waals surface area contributed by atoms with Crippen molar-refractivity contribution < 1.29 is 19.1 Å². The number of benzene rings is 2. The lowest BCUT2D eigenvalue weighted by Crippen LogP contribution is -2.40. The quantitative estimate of drug-likeness (QED) is 0.590. The lowest BCUT2D eigenvalue weighted by Gasteiger charge is -2.29. The van der Waals surface area contributed by atoms with E-state index in [0.29, 0.717) is 24.9 Å². The van der Waals surface area contributed by atoms with Crippen LogP contribution < -0.4 is 15.5 Å². The molecular weight excluding hydrogens is 430 g/mol. The van der Waals surface area contributed by atoms with Gasteiger partial charge in [-0.25, -0.2) is 4.79 Å². The Kier molecular flexibility index (Phi) is 9.08. The molecule has 0 spiro atoms. The van der Waals surface area contributed by atoms with Gasteiger partial charge in [0, 0.05) is 29.9 Å². The fourth-order valence-electron chi connectivity index (χ4n) is 3.69. The van der Waals surface area contributed by atoms with Crippen molar-refractivity contribution >= 4 is 41.6 Å². The molecule has 32 heavy (non-hydrogen) atoms. The first-order valence-electron chi connectivity index (χ1n) is 10.6. The van der Waals surface area contributed by atoms with Crippen molar-refractivity contribution in [2.24, 2.45) is 0 Å². The van der Waals surface area contributed by atoms with E-state index in [9.17, 15) is 14.4 Å². The van der Waals surface area contributed by atoms with Gasteiger partial charge in [0.25, 0.3) is 5.91 Å². The van der Waals surface area contributed by atoms with E-state index in [-0.39, 0.29) is 30.8 Å². The van der Waals surface area contributed by atoms with Crippen LogP contribution in [-0.2, 0) is 20.7 Å². The molecule has 1 aliphatic rings. The Morgan fingerprint density at radius 2 is 1.91 bits per heavy atom. The van der Waals surface area contributed by atoms with E-state index in [2.05, 4.69) is 15.5 Å². The van der Waals surface area contributed by atoms with Crippen LogP contribution in [0.3, 0.4) is 0 Å². The molecule has 0 aliphatic carbocycles. The standard InChI is InChI=1S/C24H29N3O4.ClH/c1-4-27(21-11-7-10-20-19(21)12-13-22(28)26-20)14-15-31-24(30)17(3)25-23(29)18-9-6-5-8-16(18)2;/h5-11,17H,4,12-15H2,1-3H3,(H,25,29)(H,26,28);1H/t17-;/m0./s1. The fourth-order valence-corrected chi connectivity index (χ4v) is 3.69. The van der Waals surface area contributed by atoms with Gasteiger partial charge in [0.1, 0.15) is 12.6 Å². The molecule has 0 radical (unpaired) electrons. The highest BCUT2D eigenvalue weighted by atomic mass is 35.5. The molecule has 172 valence electrons. The van der Waals surface area contributed by atoms with Crippen LogP contribution in [0.15, 0.2) is 42.5 Å². The number of nitrogens with one attached hydrogen (secondary N) is 2. The number of fused-ring (bicyclic) bond motifs is 1. The Bertz CT molecular complexity index is 979. The highest BCUT2D eigenvalue weighted by Gasteiger charge is 2.21. The Morgan fingerprint density at radius 1 is 1.16 bits per heavy atom. The molecule has 2 aromatic rings. The molecule has 2 N–H and O–H groups in total. The molecule has 2 amide bonds. The second kappa shape index (κ2) is 11.5. The predicted molar refractivity (Wildman–Crippen MR) is 128 cm³/mol. The maximum absolute atomic E-state index is 12.4. The van der Waals surface area contributed by atoms with Gasteiger partial charge < -0.3 is 20.3 Å². The molecule has 2 aromatic carbocycles. The van der Waals surface area contributed by atoms with Crippen LogP contribution in [0.2, 0.25) is 0 Å². The van der Waals surface area contributed by atoms with Crippen LogP contribution in [0.5, 0.6) is 0 Å². The summed E-state index contributed by atoms with van der Waals surface area (Å²) >= 11 is 0. The van der Waals surface area contributed by atoms with Crippen molar-refractivity contribution in [3.05, 3.63) is 59.2 Å². The number of carbonyl (C=O) groups is 3. The summed E-state index contributed by atoms with van der Waals surface area (Å²) in [5.41, 5.74) is 4.38. The highest BCUT2D eigenvalue weighted by Crippen LogP contribution is 2.31. The van der Waals surface area contributed by atoms with Crippen LogP contribution >= 0.6 is 12.4 Å². The number of nitrogens with zero attached hydrogens (tertiary/aromatic N) is 1. The summed E-state index contributed by atoms with van der Waals surface area (Å²) in [6.45, 7) is 6.96. The summed E-state index contributed by atoms with van der Waals surface area (Å²) in [6.07, 6.45) is 1.16. The molecule has 0 fully saturated rings. The minimum Gasteiger partial charge on any atom is -0.462 e. The number of hydrogen-bond acceptors (Lipinski definition) is 5. The number of esters is 1. The fraction of sp³-hybridized carbons (Fsp3) is 0.375. The molecule has 0 unspecified atom stereocenters. The average molecular weight is 460 g/mol. The van der Waals surface area contributed by atoms with Crippen molar-refractivity contribution in [1.82, 2.24) is 5.32 Å². The van der Waals surface area contributed by atoms with Crippen molar-refractivity contribution in [2.45, 2.75) is 39.7 Å². The molecule has 0 saturated heterocycles. The van der Waals surface area contributed by atoms with E-state index in [0.717, 1.165) is 29.0 Å². The molecule has 7 nitrogen and oxygen atoms in total. The van der Waals surface area contributed by atoms with E-state index in [1.165, 1.54) is 0 Å². The van der Waals surface area contributed by atoms with Crippen LogP contribution in [0.25, 0.3) is 0 Å². The molecule has 0 saturated carbocycles. The van der Waals surface area contributed by atoms with Crippen molar-refractivity contribution in [2.75, 3.05) is 29.9 Å². The lowest BCUT2D eigenvalue weighted by atomic mass is 10.00. The van der Waals surface area contributed by atoms with E-state index < -0.39 is 12.0 Å². The molecule has 0 bridgehead atoms. The van der Waals surface area contributed by atoms with Gasteiger partial charge in [-0.15, -0.1) is 12.4 Å². The number of aryl methyl sites for hydroxylation is 1. The van der Waals surface area contributed by atoms with E-state index in [1.54, 1.807) is 19.1 Å². The van der Waals surface area contributed by atoms with Crippen molar-refractivity contribution in [3.63, 3.8) is 0 Å². The van der Waals surface area contributed by atoms with Gasteiger partial charge in [-0.2, -0.15) is 0 Å². The molecular formula is C24H30ClN3O4. The number of carbonyl (C=O) groups excluding carboxylic acids is 3. The SMILES string of the molecule is CCN(CCOC(=O)[C@H](C)NC(=O)c1ccccc1C)c1cccc2c1CCC(=O)N2.Cl. The van der Waals surface area contributed by atoms with Crippen LogP contribution in [0, 0.1) is 6.92 Å². The minimum absolute atomic E-state index is 0. The number of amides is 2. The minimum atomic E-state index is -0.748. The molecule has 0 aromatic heterocycles. The Balaban J connectivity index is 0.00000363. The van der Waals surface area contributed by atoms with Gasteiger partial charge in [-0.1, -0.05) is 24.3 Å². The van der Waals surface area contributed by atoms with Crippen LogP contribution in [-0.4, -0.2) is 43.5 Å². The number of likely N-dealkylation sites (N-methyl/N-ethyl adjacent to an activating group) is 1. The molecule has 1 heterocycles. The van der Waals surface area contributed by atoms with Crippen LogP contribution in [0.1, 0.15) is 41.8 Å². The number of halogens is 1. The zero-order valence-corrected chi connectivity index (χ0v) is 19.5. The molecule has 1 atom stereocenters. The first-order chi connectivity index (χ1) is 14.9. The van der Waals surface area contributed by atoms with Gasteiger partial charge in [-0.05, 0) is 56.5 Å². The number of anilines is 2. The average Bonchev–Trinajstić information content (AvgIpc) is 2.76. The summed E-state index contributed by atoms with van der Waals surface area (Å²) in [5.74, 6) is -0.737. The normalized spacial score (nSPS) is 13.2. The second-order valence-electron chi connectivity index (χ2n) is 7.61. The summed E-state index contributed by atoms with van der Waals surface area (Å²) in [7, 11) is 0. The first-order valence-corrected chi connectivity index (χ1v) is 10.6. The van der Waals surface area contributed by atoms with E-state index in [4.69, 9.17) is 4.74 Å². The van der Waals surface area contributed by atoms with E-state index >= 15 is 0 Å². The maximum atomic E-state index is 12.4. The predicted octanol–water partition coefficient (Wildman–Crippen LogP) is 3.49. The second-order valence-corrected chi connectivity index (χ2v) is 7.61. The maximum Gasteiger partial charge on any atom is 0.328 e. The van der Waals surface area contributed by atoms with Gasteiger partial charge in [0.05, 0.1) is 6.54 Å².